The van der Waals surface area contributed by atoms with Gasteiger partial charge in [0.05, 0.1) is 6.61 Å². The SMILES string of the molecule is COCOC/C=C/Cc1cnccc1C. The van der Waals surface area contributed by atoms with Crippen molar-refractivity contribution in [2.75, 3.05) is 20.5 Å². The van der Waals surface area contributed by atoms with Crippen LogP contribution in [0.15, 0.2) is 30.6 Å². The van der Waals surface area contributed by atoms with Crippen molar-refractivity contribution in [3.8, 4) is 0 Å². The van der Waals surface area contributed by atoms with E-state index in [2.05, 4.69) is 18.0 Å². The van der Waals surface area contributed by atoms with Crippen LogP contribution in [0.3, 0.4) is 0 Å². The molecule has 0 aliphatic carbocycles. The summed E-state index contributed by atoms with van der Waals surface area (Å²) in [5.41, 5.74) is 2.52. The second kappa shape index (κ2) is 7.15. The van der Waals surface area contributed by atoms with Crippen LogP contribution in [0.1, 0.15) is 11.1 Å². The third kappa shape index (κ3) is 4.72. The Kier molecular flexibility index (Phi) is 5.66. The largest absolute Gasteiger partial charge is 0.359 e. The first kappa shape index (κ1) is 11.9. The maximum atomic E-state index is 5.13. The van der Waals surface area contributed by atoms with E-state index in [1.54, 1.807) is 7.11 Å². The predicted molar refractivity (Wildman–Crippen MR) is 59.6 cm³/mol. The van der Waals surface area contributed by atoms with E-state index in [0.29, 0.717) is 13.4 Å². The zero-order valence-corrected chi connectivity index (χ0v) is 9.27. The first-order chi connectivity index (χ1) is 7.34. The standard InChI is InChI=1S/C12H17NO2/c1-11-6-7-13-9-12(11)5-3-4-8-15-10-14-2/h3-4,6-7,9H,5,8,10H2,1-2H3/b4-3+. The third-order valence-electron chi connectivity index (χ3n) is 2.07. The highest BCUT2D eigenvalue weighted by Gasteiger charge is 1.93. The molecule has 1 rings (SSSR count). The van der Waals surface area contributed by atoms with Crippen molar-refractivity contribution in [1.82, 2.24) is 4.98 Å². The van der Waals surface area contributed by atoms with Gasteiger partial charge in [-0.2, -0.15) is 0 Å². The minimum absolute atomic E-state index is 0.344. The molecule has 0 amide bonds. The highest BCUT2D eigenvalue weighted by molar-refractivity contribution is 5.23. The topological polar surface area (TPSA) is 31.4 Å². The zero-order valence-electron chi connectivity index (χ0n) is 9.27. The van der Waals surface area contributed by atoms with E-state index < -0.39 is 0 Å². The second-order valence-corrected chi connectivity index (χ2v) is 3.26. The van der Waals surface area contributed by atoms with Crippen molar-refractivity contribution in [1.29, 1.82) is 0 Å². The molecule has 0 radical (unpaired) electrons. The maximum Gasteiger partial charge on any atom is 0.146 e. The number of methoxy groups -OCH3 is 1. The molecular weight excluding hydrogens is 190 g/mol. The van der Waals surface area contributed by atoms with E-state index in [9.17, 15) is 0 Å². The Balaban J connectivity index is 2.28. The van der Waals surface area contributed by atoms with Gasteiger partial charge in [-0.15, -0.1) is 0 Å². The molecule has 82 valence electrons. The van der Waals surface area contributed by atoms with Gasteiger partial charge in [0, 0.05) is 19.5 Å². The molecule has 0 saturated carbocycles. The van der Waals surface area contributed by atoms with E-state index in [1.807, 2.05) is 24.5 Å². The average molecular weight is 207 g/mol. The summed E-state index contributed by atoms with van der Waals surface area (Å²) >= 11 is 0. The molecule has 0 aromatic carbocycles. The number of aromatic nitrogens is 1. The predicted octanol–water partition coefficient (Wildman–Crippen LogP) is 2.11. The number of nitrogens with zero attached hydrogens (tertiary/aromatic N) is 1. The Morgan fingerprint density at radius 1 is 1.40 bits per heavy atom. The lowest BCUT2D eigenvalue weighted by molar-refractivity contribution is -0.0186. The fraction of sp³-hybridized carbons (Fsp3) is 0.417. The summed E-state index contributed by atoms with van der Waals surface area (Å²) < 4.78 is 9.89. The Morgan fingerprint density at radius 2 is 2.27 bits per heavy atom. The lowest BCUT2D eigenvalue weighted by Gasteiger charge is -2.00. The van der Waals surface area contributed by atoms with Gasteiger partial charge in [-0.3, -0.25) is 4.98 Å². The third-order valence-corrected chi connectivity index (χ3v) is 2.07. The number of ether oxygens (including phenoxy) is 2. The average Bonchev–Trinajstić information content (AvgIpc) is 2.25. The van der Waals surface area contributed by atoms with Crippen LogP contribution in [-0.2, 0) is 15.9 Å². The minimum Gasteiger partial charge on any atom is -0.359 e. The molecule has 0 N–H and O–H groups in total. The molecule has 0 aliphatic heterocycles. The fourth-order valence-electron chi connectivity index (χ4n) is 1.19. The van der Waals surface area contributed by atoms with Crippen LogP contribution >= 0.6 is 0 Å². The molecule has 3 heteroatoms. The van der Waals surface area contributed by atoms with Crippen molar-refractivity contribution in [3.63, 3.8) is 0 Å². The van der Waals surface area contributed by atoms with Gasteiger partial charge in [0.25, 0.3) is 0 Å². The molecule has 0 aliphatic rings. The van der Waals surface area contributed by atoms with Crippen molar-refractivity contribution in [3.05, 3.63) is 41.7 Å². The molecule has 0 fully saturated rings. The Labute approximate surface area is 90.7 Å². The van der Waals surface area contributed by atoms with Gasteiger partial charge in [0.2, 0.25) is 0 Å². The summed E-state index contributed by atoms with van der Waals surface area (Å²) in [6.07, 6.45) is 8.68. The molecule has 0 atom stereocenters. The van der Waals surface area contributed by atoms with Crippen LogP contribution in [0.2, 0.25) is 0 Å². The number of hydrogen-bond acceptors (Lipinski definition) is 3. The van der Waals surface area contributed by atoms with Crippen molar-refractivity contribution >= 4 is 0 Å². The summed E-state index contributed by atoms with van der Waals surface area (Å²) in [4.78, 5) is 4.09. The van der Waals surface area contributed by atoms with E-state index in [0.717, 1.165) is 6.42 Å². The fourth-order valence-corrected chi connectivity index (χ4v) is 1.19. The van der Waals surface area contributed by atoms with Gasteiger partial charge in [0.1, 0.15) is 6.79 Å². The van der Waals surface area contributed by atoms with Crippen molar-refractivity contribution in [2.24, 2.45) is 0 Å². The van der Waals surface area contributed by atoms with Gasteiger partial charge >= 0.3 is 0 Å². The molecule has 0 spiro atoms. The molecule has 15 heavy (non-hydrogen) atoms. The summed E-state index contributed by atoms with van der Waals surface area (Å²) in [6.45, 7) is 3.02. The van der Waals surface area contributed by atoms with Crippen LogP contribution in [0.5, 0.6) is 0 Å². The van der Waals surface area contributed by atoms with Gasteiger partial charge in [-0.1, -0.05) is 12.2 Å². The van der Waals surface area contributed by atoms with E-state index in [4.69, 9.17) is 9.47 Å². The van der Waals surface area contributed by atoms with Gasteiger partial charge in [-0.05, 0) is 30.5 Å². The van der Waals surface area contributed by atoms with Crippen LogP contribution in [0.4, 0.5) is 0 Å². The normalized spacial score (nSPS) is 11.1. The van der Waals surface area contributed by atoms with Gasteiger partial charge < -0.3 is 9.47 Å². The number of pyridine rings is 1. The summed E-state index contributed by atoms with van der Waals surface area (Å²) in [5.74, 6) is 0. The molecule has 1 aromatic heterocycles. The number of aryl methyl sites for hydroxylation is 1. The smallest absolute Gasteiger partial charge is 0.146 e. The molecule has 0 bridgehead atoms. The minimum atomic E-state index is 0.344. The van der Waals surface area contributed by atoms with Gasteiger partial charge in [-0.25, -0.2) is 0 Å². The quantitative estimate of drug-likeness (QED) is 0.407. The van der Waals surface area contributed by atoms with E-state index in [1.165, 1.54) is 11.1 Å². The molecule has 3 nitrogen and oxygen atoms in total. The first-order valence-electron chi connectivity index (χ1n) is 4.95. The lowest BCUT2D eigenvalue weighted by atomic mass is 10.1. The second-order valence-electron chi connectivity index (χ2n) is 3.26. The highest BCUT2D eigenvalue weighted by Crippen LogP contribution is 2.05. The van der Waals surface area contributed by atoms with Crippen LogP contribution in [-0.4, -0.2) is 25.5 Å². The van der Waals surface area contributed by atoms with E-state index >= 15 is 0 Å². The summed E-state index contributed by atoms with van der Waals surface area (Å²) in [7, 11) is 1.61. The zero-order chi connectivity index (χ0) is 10.9. The Bertz CT molecular complexity index is 310. The lowest BCUT2D eigenvalue weighted by Crippen LogP contribution is -1.95. The Morgan fingerprint density at radius 3 is 3.00 bits per heavy atom. The van der Waals surface area contributed by atoms with Gasteiger partial charge in [0.15, 0.2) is 0 Å². The van der Waals surface area contributed by atoms with Crippen LogP contribution < -0.4 is 0 Å². The molecule has 0 saturated heterocycles. The Hall–Kier alpha value is -1.19. The molecule has 1 aromatic rings. The number of rotatable bonds is 6. The number of hydrogen-bond donors (Lipinski definition) is 0. The van der Waals surface area contributed by atoms with Crippen LogP contribution in [0, 0.1) is 6.92 Å². The monoisotopic (exact) mass is 207 g/mol. The molecule has 0 unspecified atom stereocenters. The molecule has 1 heterocycles. The summed E-state index contributed by atoms with van der Waals surface area (Å²) in [5, 5.41) is 0. The van der Waals surface area contributed by atoms with Crippen molar-refractivity contribution in [2.45, 2.75) is 13.3 Å². The number of allylic oxidation sites excluding steroid dienone is 1. The maximum absolute atomic E-state index is 5.13. The first-order valence-corrected chi connectivity index (χ1v) is 4.95. The van der Waals surface area contributed by atoms with Crippen molar-refractivity contribution < 1.29 is 9.47 Å². The van der Waals surface area contributed by atoms with E-state index in [-0.39, 0.29) is 0 Å². The molecular formula is C12H17NO2. The van der Waals surface area contributed by atoms with Crippen LogP contribution in [0.25, 0.3) is 0 Å². The highest BCUT2D eigenvalue weighted by atomic mass is 16.7. The summed E-state index contributed by atoms with van der Waals surface area (Å²) in [6, 6.07) is 2.02.